The van der Waals surface area contributed by atoms with Crippen molar-refractivity contribution < 1.29 is 28.7 Å². The van der Waals surface area contributed by atoms with Crippen molar-refractivity contribution in [3.63, 3.8) is 0 Å². The lowest BCUT2D eigenvalue weighted by Crippen LogP contribution is -2.59. The lowest BCUT2D eigenvalue weighted by molar-refractivity contribution is -0.134. The molecule has 1 saturated carbocycles. The molecule has 0 saturated heterocycles. The van der Waals surface area contributed by atoms with E-state index in [4.69, 9.17) is 4.74 Å². The number of aromatic nitrogens is 2. The van der Waals surface area contributed by atoms with Gasteiger partial charge in [-0.05, 0) is 55.4 Å². The van der Waals surface area contributed by atoms with E-state index in [9.17, 15) is 24.0 Å². The molecule has 4 atom stereocenters. The highest BCUT2D eigenvalue weighted by atomic mass is 16.5. The Morgan fingerprint density at radius 3 is 2.33 bits per heavy atom. The van der Waals surface area contributed by atoms with Crippen LogP contribution in [0.5, 0.6) is 5.75 Å². The number of ether oxygens (including phenoxy) is 1. The molecule has 1 spiro atoms. The normalized spacial score (nSPS) is 23.1. The first-order chi connectivity index (χ1) is 23.4. The second kappa shape index (κ2) is 15.3. The number of aryl methyl sites for hydroxylation is 1. The van der Waals surface area contributed by atoms with Gasteiger partial charge in [0.2, 0.25) is 23.6 Å². The Balaban J connectivity index is 1.42. The van der Waals surface area contributed by atoms with Crippen LogP contribution in [0.2, 0.25) is 0 Å². The molecule has 5 N–H and O–H groups in total. The van der Waals surface area contributed by atoms with Crippen molar-refractivity contribution in [2.75, 3.05) is 6.61 Å². The van der Waals surface area contributed by atoms with Gasteiger partial charge in [-0.25, -0.2) is 4.98 Å². The average Bonchev–Trinajstić information content (AvgIpc) is 3.73. The summed E-state index contributed by atoms with van der Waals surface area (Å²) in [6, 6.07) is 13.2. The van der Waals surface area contributed by atoms with Crippen LogP contribution in [-0.4, -0.2) is 75.4 Å². The number of benzene rings is 2. The molecule has 49 heavy (non-hydrogen) atoms. The summed E-state index contributed by atoms with van der Waals surface area (Å²) in [6.07, 6.45) is 4.67. The Morgan fingerprint density at radius 2 is 1.69 bits per heavy atom. The fraction of sp³-hybridized carbons (Fsp3) is 0.444. The summed E-state index contributed by atoms with van der Waals surface area (Å²) in [7, 11) is 1.67. The fourth-order valence-corrected chi connectivity index (χ4v) is 5.82. The van der Waals surface area contributed by atoms with Crippen LogP contribution in [0.4, 0.5) is 0 Å². The zero-order chi connectivity index (χ0) is 35.1. The second-order valence-corrected chi connectivity index (χ2v) is 13.4. The molecule has 1 aromatic heterocycles. The van der Waals surface area contributed by atoms with E-state index >= 15 is 0 Å². The summed E-state index contributed by atoms with van der Waals surface area (Å²) in [4.78, 5) is 71.6. The minimum absolute atomic E-state index is 0.130. The maximum absolute atomic E-state index is 13.8. The number of carbonyl (C=O) groups is 5. The molecule has 260 valence electrons. The number of hydrogen-bond acceptors (Lipinski definition) is 7. The Morgan fingerprint density at radius 1 is 0.980 bits per heavy atom. The van der Waals surface area contributed by atoms with Gasteiger partial charge in [-0.15, -0.1) is 0 Å². The molecule has 0 radical (unpaired) electrons. The van der Waals surface area contributed by atoms with Crippen molar-refractivity contribution in [2.45, 2.75) is 82.6 Å². The third-order valence-corrected chi connectivity index (χ3v) is 8.79. The molecule has 2 bridgehead atoms. The van der Waals surface area contributed by atoms with E-state index < -0.39 is 47.3 Å². The number of hydrogen-bond donors (Lipinski definition) is 5. The summed E-state index contributed by atoms with van der Waals surface area (Å²) >= 11 is 0. The SMILES string of the molecule is CC(C)C[C@H]1COc2ccc(cc2)C[C@H](NC(=O)c2cncn2C)C(=O)N[C@H](C)C(=O)NC2(CC2)C(=O)N[C@H](Cc2ccccc2)C(=O)N1. The first-order valence-electron chi connectivity index (χ1n) is 16.7. The Bertz CT molecular complexity index is 1650. The number of amides is 5. The zero-order valence-electron chi connectivity index (χ0n) is 28.3. The lowest BCUT2D eigenvalue weighted by Gasteiger charge is -2.27. The lowest BCUT2D eigenvalue weighted by atomic mass is 10.0. The third-order valence-electron chi connectivity index (χ3n) is 8.79. The highest BCUT2D eigenvalue weighted by Crippen LogP contribution is 2.36. The molecule has 6 rings (SSSR count). The highest BCUT2D eigenvalue weighted by Gasteiger charge is 2.52. The van der Waals surface area contributed by atoms with Gasteiger partial charge in [-0.1, -0.05) is 56.3 Å². The van der Waals surface area contributed by atoms with Gasteiger partial charge in [-0.2, -0.15) is 0 Å². The van der Waals surface area contributed by atoms with E-state index in [0.29, 0.717) is 25.0 Å². The first-order valence-corrected chi connectivity index (χ1v) is 16.7. The van der Waals surface area contributed by atoms with Crippen molar-refractivity contribution >= 4 is 29.5 Å². The van der Waals surface area contributed by atoms with Crippen LogP contribution in [0.15, 0.2) is 67.1 Å². The number of fused-ring (bicyclic) bond motifs is 15. The number of carbonyl (C=O) groups excluding carboxylic acids is 5. The monoisotopic (exact) mass is 671 g/mol. The summed E-state index contributed by atoms with van der Waals surface area (Å²) in [5, 5.41) is 14.3. The van der Waals surface area contributed by atoms with Crippen LogP contribution >= 0.6 is 0 Å². The van der Waals surface area contributed by atoms with Gasteiger partial charge in [0, 0.05) is 19.9 Å². The summed E-state index contributed by atoms with van der Waals surface area (Å²) in [5.41, 5.74) is 0.670. The number of imidazole rings is 1. The predicted octanol–water partition coefficient (Wildman–Crippen LogP) is 1.57. The van der Waals surface area contributed by atoms with Crippen molar-refractivity contribution in [1.29, 1.82) is 0 Å². The first kappa shape index (κ1) is 35.1. The maximum atomic E-state index is 13.8. The van der Waals surface area contributed by atoms with E-state index in [1.54, 1.807) is 35.9 Å². The molecule has 13 heteroatoms. The molecule has 1 aliphatic carbocycles. The van der Waals surface area contributed by atoms with E-state index in [-0.39, 0.29) is 43.0 Å². The van der Waals surface area contributed by atoms with E-state index in [1.807, 2.05) is 30.3 Å². The van der Waals surface area contributed by atoms with Gasteiger partial charge >= 0.3 is 0 Å². The summed E-state index contributed by atoms with van der Waals surface area (Å²) in [6.45, 7) is 5.82. The van der Waals surface area contributed by atoms with Crippen molar-refractivity contribution in [3.8, 4) is 5.75 Å². The summed E-state index contributed by atoms with van der Waals surface area (Å²) in [5.74, 6) is -1.63. The molecule has 0 unspecified atom stereocenters. The molecular formula is C36H45N7O6. The smallest absolute Gasteiger partial charge is 0.270 e. The molecule has 5 amide bonds. The maximum Gasteiger partial charge on any atom is 0.270 e. The molecule has 3 heterocycles. The fourth-order valence-electron chi connectivity index (χ4n) is 5.82. The molecule has 3 aromatic rings. The van der Waals surface area contributed by atoms with Crippen LogP contribution in [0.25, 0.3) is 0 Å². The summed E-state index contributed by atoms with van der Waals surface area (Å²) < 4.78 is 7.66. The molecule has 13 nitrogen and oxygen atoms in total. The molecule has 1 fully saturated rings. The van der Waals surface area contributed by atoms with E-state index in [0.717, 1.165) is 11.1 Å². The van der Waals surface area contributed by atoms with Gasteiger partial charge in [0.25, 0.3) is 5.91 Å². The largest absolute Gasteiger partial charge is 0.491 e. The van der Waals surface area contributed by atoms with Crippen LogP contribution in [0.3, 0.4) is 0 Å². The molecule has 2 aromatic carbocycles. The molecular weight excluding hydrogens is 626 g/mol. The topological polar surface area (TPSA) is 173 Å². The van der Waals surface area contributed by atoms with Crippen LogP contribution in [0.1, 0.15) is 61.6 Å². The van der Waals surface area contributed by atoms with E-state index in [2.05, 4.69) is 45.4 Å². The van der Waals surface area contributed by atoms with Gasteiger partial charge in [0.1, 0.15) is 41.7 Å². The van der Waals surface area contributed by atoms with Crippen LogP contribution in [0, 0.1) is 5.92 Å². The van der Waals surface area contributed by atoms with Crippen LogP contribution < -0.4 is 31.3 Å². The minimum Gasteiger partial charge on any atom is -0.491 e. The Kier molecular flexibility index (Phi) is 11.0. The van der Waals surface area contributed by atoms with Crippen molar-refractivity contribution in [3.05, 3.63) is 83.9 Å². The second-order valence-electron chi connectivity index (χ2n) is 13.4. The quantitative estimate of drug-likeness (QED) is 0.248. The Labute approximate surface area is 286 Å². The molecule has 3 aliphatic rings. The van der Waals surface area contributed by atoms with Gasteiger partial charge in [0.15, 0.2) is 0 Å². The standard InChI is InChI=1S/C36H45N7O6/c1-22(2)16-26-20-49-27-12-10-25(11-13-27)18-28(40-34(47)30-19-37-21-43(30)4)32(45)38-23(3)31(44)42-36(14-15-36)35(48)41-29(33(46)39-26)17-24-8-6-5-7-9-24/h5-13,19,21-23,26,28-29H,14-18,20H2,1-4H3,(H,38,45)(H,39,46)(H,40,47)(H,41,48)(H,42,44)/t23-,26+,28+,29-/m1/s1. The van der Waals surface area contributed by atoms with Gasteiger partial charge < -0.3 is 35.9 Å². The Hall–Kier alpha value is -5.20. The number of nitrogens with zero attached hydrogens (tertiary/aromatic N) is 2. The number of rotatable bonds is 6. The van der Waals surface area contributed by atoms with Crippen molar-refractivity contribution in [2.24, 2.45) is 13.0 Å². The van der Waals surface area contributed by atoms with Gasteiger partial charge in [-0.3, -0.25) is 24.0 Å². The third kappa shape index (κ3) is 9.24. The highest BCUT2D eigenvalue weighted by molar-refractivity contribution is 6.00. The zero-order valence-corrected chi connectivity index (χ0v) is 28.3. The average molecular weight is 672 g/mol. The number of nitrogens with one attached hydrogen (secondary N) is 5. The van der Waals surface area contributed by atoms with E-state index in [1.165, 1.54) is 19.4 Å². The van der Waals surface area contributed by atoms with Gasteiger partial charge in [0.05, 0.1) is 18.6 Å². The van der Waals surface area contributed by atoms with Crippen LogP contribution in [-0.2, 0) is 39.1 Å². The predicted molar refractivity (Wildman–Crippen MR) is 181 cm³/mol. The van der Waals surface area contributed by atoms with Crippen molar-refractivity contribution in [1.82, 2.24) is 36.1 Å². The molecule has 2 aliphatic heterocycles. The minimum atomic E-state index is -1.21.